The highest BCUT2D eigenvalue weighted by Gasteiger charge is 2.53. The lowest BCUT2D eigenvalue weighted by molar-refractivity contribution is 0.794. The molecule has 2 aromatic heterocycles. The van der Waals surface area contributed by atoms with Gasteiger partial charge in [0, 0.05) is 34.6 Å². The predicted molar refractivity (Wildman–Crippen MR) is 317 cm³/mol. The fourth-order valence-electron chi connectivity index (χ4n) is 14.5. The Morgan fingerprint density at radius 2 is 0.526 bits per heavy atom. The lowest BCUT2D eigenvalue weighted by Gasteiger charge is -2.31. The number of aromatic nitrogens is 3. The van der Waals surface area contributed by atoms with Crippen LogP contribution in [0.5, 0.6) is 0 Å². The van der Waals surface area contributed by atoms with E-state index >= 15 is 0 Å². The molecule has 0 bridgehead atoms. The minimum atomic E-state index is -0.492. The van der Waals surface area contributed by atoms with Gasteiger partial charge in [-0.05, 0) is 129 Å². The lowest BCUT2D eigenvalue weighted by atomic mass is 9.70. The summed E-state index contributed by atoms with van der Waals surface area (Å²) in [6, 6.07) is 96.6. The van der Waals surface area contributed by atoms with Gasteiger partial charge in [-0.1, -0.05) is 243 Å². The van der Waals surface area contributed by atoms with Crippen LogP contribution in [0.4, 0.5) is 0 Å². The maximum absolute atomic E-state index is 5.94. The summed E-state index contributed by atoms with van der Waals surface area (Å²) in [5.41, 5.74) is 31.6. The van der Waals surface area contributed by atoms with Crippen LogP contribution in [0.3, 0.4) is 0 Å². The standard InChI is InChI=1S/C75H45N3/c1-2-17-47(18-3-1)70-71(48-34-32-46(33-35-48)51-19-16-42-76-45-51)78-73-53(50-37-39-61-59-25-9-15-31-67(59)75(69(61)44-50)64-28-12-6-22-56(64)57-23-7-13-29-65(57)75)41-40-52(72(73)77-70)49-36-38-60-58-24-8-14-30-66(58)74(68(60)43-49)62-26-10-4-20-54(62)55-21-5-11-27-63(55)74/h1-45H. The van der Waals surface area contributed by atoms with Crippen LogP contribution in [0.25, 0.3) is 111 Å². The van der Waals surface area contributed by atoms with E-state index in [9.17, 15) is 0 Å². The Morgan fingerprint density at radius 1 is 0.218 bits per heavy atom. The Morgan fingerprint density at radius 3 is 0.910 bits per heavy atom. The van der Waals surface area contributed by atoms with E-state index in [1.54, 1.807) is 0 Å². The van der Waals surface area contributed by atoms with Crippen LogP contribution in [0.2, 0.25) is 0 Å². The topological polar surface area (TPSA) is 38.7 Å². The van der Waals surface area contributed by atoms with Crippen molar-refractivity contribution in [1.29, 1.82) is 0 Å². The van der Waals surface area contributed by atoms with Gasteiger partial charge in [-0.3, -0.25) is 4.98 Å². The zero-order valence-corrected chi connectivity index (χ0v) is 42.3. The van der Waals surface area contributed by atoms with E-state index in [0.717, 1.165) is 66.9 Å². The van der Waals surface area contributed by atoms with Gasteiger partial charge in [0.05, 0.1) is 33.3 Å². The first kappa shape index (κ1) is 43.2. The fraction of sp³-hybridized carbons (Fsp3) is 0.0267. The third-order valence-electron chi connectivity index (χ3n) is 17.6. The van der Waals surface area contributed by atoms with Crippen molar-refractivity contribution >= 4 is 11.0 Å². The molecular formula is C75H45N3. The molecule has 17 rings (SSSR count). The van der Waals surface area contributed by atoms with E-state index in [1.165, 1.54) is 89.0 Å². The first-order valence-corrected chi connectivity index (χ1v) is 27.0. The zero-order chi connectivity index (χ0) is 51.1. The molecule has 0 atom stereocenters. The van der Waals surface area contributed by atoms with Crippen LogP contribution in [0, 0.1) is 0 Å². The molecule has 4 aliphatic carbocycles. The summed E-state index contributed by atoms with van der Waals surface area (Å²) in [6.45, 7) is 0. The van der Waals surface area contributed by atoms with Gasteiger partial charge in [0.2, 0.25) is 0 Å². The maximum Gasteiger partial charge on any atom is 0.0979 e. The Hall–Kier alpha value is -10.1. The van der Waals surface area contributed by atoms with Gasteiger partial charge in [-0.15, -0.1) is 0 Å². The number of fused-ring (bicyclic) bond motifs is 21. The third-order valence-corrected chi connectivity index (χ3v) is 17.6. The van der Waals surface area contributed by atoms with E-state index in [-0.39, 0.29) is 0 Å². The van der Waals surface area contributed by atoms with E-state index in [1.807, 2.05) is 18.5 Å². The van der Waals surface area contributed by atoms with Crippen molar-refractivity contribution in [3.63, 3.8) is 0 Å². The van der Waals surface area contributed by atoms with Gasteiger partial charge in [-0.25, -0.2) is 9.97 Å². The third kappa shape index (κ3) is 5.69. The molecule has 0 unspecified atom stereocenters. The maximum atomic E-state index is 5.94. The van der Waals surface area contributed by atoms with Crippen molar-refractivity contribution in [1.82, 2.24) is 15.0 Å². The molecule has 3 heteroatoms. The second-order valence-corrected chi connectivity index (χ2v) is 21.3. The fourth-order valence-corrected chi connectivity index (χ4v) is 14.5. The van der Waals surface area contributed by atoms with Crippen LogP contribution in [-0.4, -0.2) is 15.0 Å². The van der Waals surface area contributed by atoms with Crippen LogP contribution < -0.4 is 0 Å². The van der Waals surface area contributed by atoms with Gasteiger partial charge in [0.15, 0.2) is 0 Å². The number of rotatable bonds is 5. The SMILES string of the molecule is c1ccc(-c2nc3c(-c4ccc5c(c4)C4(c6ccccc6-c6ccccc64)c4ccccc4-5)ccc(-c4ccc5c(c4)C4(c6ccccc6-c6ccccc64)c4ccccc4-5)c3nc2-c2ccc(-c3cccnc3)cc2)cc1. The summed E-state index contributed by atoms with van der Waals surface area (Å²) < 4.78 is 0. The summed E-state index contributed by atoms with van der Waals surface area (Å²) in [4.78, 5) is 16.3. The second-order valence-electron chi connectivity index (χ2n) is 21.3. The van der Waals surface area contributed by atoms with Crippen molar-refractivity contribution in [2.45, 2.75) is 10.8 Å². The number of benzene rings is 11. The number of hydrogen-bond acceptors (Lipinski definition) is 3. The first-order chi connectivity index (χ1) is 38.7. The Kier molecular flexibility index (Phi) is 8.97. The van der Waals surface area contributed by atoms with Crippen molar-refractivity contribution in [2.24, 2.45) is 0 Å². The number of nitrogens with zero attached hydrogens (tertiary/aromatic N) is 3. The molecule has 78 heavy (non-hydrogen) atoms. The summed E-state index contributed by atoms with van der Waals surface area (Å²) in [5.74, 6) is 0. The molecule has 13 aromatic rings. The molecule has 4 aliphatic rings. The highest BCUT2D eigenvalue weighted by atomic mass is 14.8. The monoisotopic (exact) mass is 987 g/mol. The quantitative estimate of drug-likeness (QED) is 0.172. The Labute approximate surface area is 452 Å². The molecular weight excluding hydrogens is 943 g/mol. The molecule has 0 N–H and O–H groups in total. The van der Waals surface area contributed by atoms with Crippen LogP contribution >= 0.6 is 0 Å². The van der Waals surface area contributed by atoms with Crippen molar-refractivity contribution in [3.05, 3.63) is 318 Å². The van der Waals surface area contributed by atoms with E-state index < -0.39 is 10.8 Å². The Bertz CT molecular complexity index is 4540. The van der Waals surface area contributed by atoms with Crippen LogP contribution in [0.1, 0.15) is 44.5 Å². The molecule has 0 saturated heterocycles. The highest BCUT2D eigenvalue weighted by molar-refractivity contribution is 6.05. The predicted octanol–water partition coefficient (Wildman–Crippen LogP) is 18.0. The largest absolute Gasteiger partial charge is 0.264 e. The van der Waals surface area contributed by atoms with Crippen molar-refractivity contribution in [2.75, 3.05) is 0 Å². The molecule has 360 valence electrons. The summed E-state index contributed by atoms with van der Waals surface area (Å²) in [6.07, 6.45) is 3.73. The van der Waals surface area contributed by atoms with E-state index in [0.29, 0.717) is 0 Å². The van der Waals surface area contributed by atoms with Gasteiger partial charge in [0.25, 0.3) is 0 Å². The average molecular weight is 988 g/mol. The first-order valence-electron chi connectivity index (χ1n) is 27.0. The van der Waals surface area contributed by atoms with Gasteiger partial charge in [0.1, 0.15) is 0 Å². The summed E-state index contributed by atoms with van der Waals surface area (Å²) >= 11 is 0. The molecule has 0 aliphatic heterocycles. The zero-order valence-electron chi connectivity index (χ0n) is 42.3. The average Bonchev–Trinajstić information content (AvgIpc) is 3.23. The lowest BCUT2D eigenvalue weighted by Crippen LogP contribution is -2.25. The Balaban J connectivity index is 0.937. The minimum absolute atomic E-state index is 0.490. The molecule has 3 nitrogen and oxygen atoms in total. The number of hydrogen-bond donors (Lipinski definition) is 0. The molecule has 2 heterocycles. The smallest absolute Gasteiger partial charge is 0.0979 e. The van der Waals surface area contributed by atoms with Crippen molar-refractivity contribution in [3.8, 4) is 100 Å². The van der Waals surface area contributed by atoms with E-state index in [2.05, 4.69) is 260 Å². The number of pyridine rings is 1. The summed E-state index contributed by atoms with van der Waals surface area (Å²) in [5, 5.41) is 0. The van der Waals surface area contributed by atoms with Gasteiger partial charge in [-0.2, -0.15) is 0 Å². The second kappa shape index (κ2) is 16.2. The van der Waals surface area contributed by atoms with Crippen LogP contribution in [-0.2, 0) is 10.8 Å². The van der Waals surface area contributed by atoms with Gasteiger partial charge < -0.3 is 0 Å². The molecule has 0 radical (unpaired) electrons. The summed E-state index contributed by atoms with van der Waals surface area (Å²) in [7, 11) is 0. The van der Waals surface area contributed by atoms with Crippen LogP contribution in [0.15, 0.2) is 273 Å². The minimum Gasteiger partial charge on any atom is -0.264 e. The van der Waals surface area contributed by atoms with Crippen molar-refractivity contribution < 1.29 is 0 Å². The van der Waals surface area contributed by atoms with Gasteiger partial charge >= 0.3 is 0 Å². The van der Waals surface area contributed by atoms with E-state index in [4.69, 9.17) is 9.97 Å². The molecule has 2 spiro atoms. The molecule has 0 saturated carbocycles. The molecule has 0 amide bonds. The normalized spacial score (nSPS) is 13.8. The highest BCUT2D eigenvalue weighted by Crippen LogP contribution is 2.65. The molecule has 0 fully saturated rings. The molecule has 11 aromatic carbocycles.